The second-order valence-electron chi connectivity index (χ2n) is 5.73. The van der Waals surface area contributed by atoms with Gasteiger partial charge in [-0.2, -0.15) is 5.10 Å². The number of hydrogen-bond acceptors (Lipinski definition) is 3. The Labute approximate surface area is 140 Å². The Morgan fingerprint density at radius 2 is 2.17 bits per heavy atom. The molecule has 0 radical (unpaired) electrons. The van der Waals surface area contributed by atoms with Gasteiger partial charge in [-0.15, -0.1) is 0 Å². The summed E-state index contributed by atoms with van der Waals surface area (Å²) >= 11 is 6.11. The van der Waals surface area contributed by atoms with Gasteiger partial charge < -0.3 is 5.32 Å². The van der Waals surface area contributed by atoms with Crippen molar-refractivity contribution in [1.82, 2.24) is 20.1 Å². The lowest BCUT2D eigenvalue weighted by Crippen LogP contribution is -2.25. The Bertz CT molecular complexity index is 826. The van der Waals surface area contributed by atoms with Crippen molar-refractivity contribution < 1.29 is 0 Å². The standard InChI is InChI=1S/C18H17ClN4/c19-15-5-1-3-13(9-15)12-23-17-6-8-21-11-16(17)18(22-23)14-4-2-7-20-10-14/h1-5,7,9-10,21H,6,8,11-12H2. The average Bonchev–Trinajstić information content (AvgIpc) is 2.95. The fraction of sp³-hybridized carbons (Fsp3) is 0.222. The van der Waals surface area contributed by atoms with Crippen molar-refractivity contribution in [3.8, 4) is 11.3 Å². The molecule has 4 nitrogen and oxygen atoms in total. The van der Waals surface area contributed by atoms with Gasteiger partial charge in [0.05, 0.1) is 12.2 Å². The summed E-state index contributed by atoms with van der Waals surface area (Å²) in [6.07, 6.45) is 4.65. The number of rotatable bonds is 3. The van der Waals surface area contributed by atoms with E-state index in [0.29, 0.717) is 0 Å². The van der Waals surface area contributed by atoms with Crippen LogP contribution in [0.4, 0.5) is 0 Å². The first-order valence-corrected chi connectivity index (χ1v) is 8.13. The van der Waals surface area contributed by atoms with Crippen LogP contribution in [0, 0.1) is 0 Å². The molecule has 3 heterocycles. The van der Waals surface area contributed by atoms with E-state index in [2.05, 4.69) is 27.1 Å². The molecule has 0 fully saturated rings. The van der Waals surface area contributed by atoms with Crippen LogP contribution in [0.1, 0.15) is 16.8 Å². The van der Waals surface area contributed by atoms with Crippen LogP contribution in [0.15, 0.2) is 48.8 Å². The van der Waals surface area contributed by atoms with Crippen LogP contribution in [0.25, 0.3) is 11.3 Å². The largest absolute Gasteiger partial charge is 0.312 e. The van der Waals surface area contributed by atoms with Crippen LogP contribution in [0.5, 0.6) is 0 Å². The summed E-state index contributed by atoms with van der Waals surface area (Å²) in [7, 11) is 0. The predicted octanol–water partition coefficient (Wildman–Crippen LogP) is 3.29. The Morgan fingerprint density at radius 1 is 1.22 bits per heavy atom. The number of nitrogens with one attached hydrogen (secondary N) is 1. The van der Waals surface area contributed by atoms with E-state index in [0.717, 1.165) is 42.3 Å². The van der Waals surface area contributed by atoms with Crippen molar-refractivity contribution in [2.75, 3.05) is 6.54 Å². The van der Waals surface area contributed by atoms with E-state index < -0.39 is 0 Å². The molecule has 0 atom stereocenters. The molecule has 2 aromatic heterocycles. The van der Waals surface area contributed by atoms with E-state index in [1.54, 1.807) is 6.20 Å². The maximum Gasteiger partial charge on any atom is 0.0986 e. The molecule has 0 bridgehead atoms. The number of pyridine rings is 1. The van der Waals surface area contributed by atoms with Crippen molar-refractivity contribution in [1.29, 1.82) is 0 Å². The molecule has 23 heavy (non-hydrogen) atoms. The predicted molar refractivity (Wildman–Crippen MR) is 91.4 cm³/mol. The summed E-state index contributed by atoms with van der Waals surface area (Å²) in [6, 6.07) is 12.0. The van der Waals surface area contributed by atoms with Gasteiger partial charge in [0, 0.05) is 53.7 Å². The van der Waals surface area contributed by atoms with Gasteiger partial charge in [-0.3, -0.25) is 9.67 Å². The summed E-state index contributed by atoms with van der Waals surface area (Å²) in [6.45, 7) is 2.58. The molecule has 0 saturated heterocycles. The van der Waals surface area contributed by atoms with Gasteiger partial charge in [-0.25, -0.2) is 0 Å². The summed E-state index contributed by atoms with van der Waals surface area (Å²) in [5, 5.41) is 9.08. The van der Waals surface area contributed by atoms with Crippen LogP contribution < -0.4 is 5.32 Å². The summed E-state index contributed by atoms with van der Waals surface area (Å²) in [5.74, 6) is 0. The van der Waals surface area contributed by atoms with Crippen molar-refractivity contribution in [3.63, 3.8) is 0 Å². The molecule has 3 aromatic rings. The Hall–Kier alpha value is -2.17. The number of halogens is 1. The highest BCUT2D eigenvalue weighted by Crippen LogP contribution is 2.27. The Kier molecular flexibility index (Phi) is 3.85. The molecular weight excluding hydrogens is 308 g/mol. The maximum atomic E-state index is 6.11. The second-order valence-corrected chi connectivity index (χ2v) is 6.17. The van der Waals surface area contributed by atoms with Gasteiger partial charge in [0.2, 0.25) is 0 Å². The molecule has 116 valence electrons. The van der Waals surface area contributed by atoms with Crippen LogP contribution in [0.2, 0.25) is 5.02 Å². The minimum Gasteiger partial charge on any atom is -0.312 e. The van der Waals surface area contributed by atoms with Crippen LogP contribution >= 0.6 is 11.6 Å². The molecule has 1 aliphatic rings. The van der Waals surface area contributed by atoms with E-state index in [-0.39, 0.29) is 0 Å². The lowest BCUT2D eigenvalue weighted by Gasteiger charge is -2.15. The van der Waals surface area contributed by atoms with E-state index in [9.17, 15) is 0 Å². The van der Waals surface area contributed by atoms with Gasteiger partial charge in [0.15, 0.2) is 0 Å². The fourth-order valence-corrected chi connectivity index (χ4v) is 3.31. The van der Waals surface area contributed by atoms with Crippen LogP contribution in [-0.4, -0.2) is 21.3 Å². The van der Waals surface area contributed by atoms with Crippen molar-refractivity contribution in [3.05, 3.63) is 70.6 Å². The average molecular weight is 325 g/mol. The monoisotopic (exact) mass is 324 g/mol. The fourth-order valence-electron chi connectivity index (χ4n) is 3.09. The van der Waals surface area contributed by atoms with Crippen molar-refractivity contribution in [2.24, 2.45) is 0 Å². The third kappa shape index (κ3) is 2.87. The first-order chi connectivity index (χ1) is 11.3. The van der Waals surface area contributed by atoms with Crippen molar-refractivity contribution in [2.45, 2.75) is 19.5 Å². The normalized spacial score (nSPS) is 13.8. The minimum atomic E-state index is 0.739. The number of aromatic nitrogens is 3. The Balaban J connectivity index is 1.77. The van der Waals surface area contributed by atoms with Gasteiger partial charge in [0.25, 0.3) is 0 Å². The molecule has 0 amide bonds. The SMILES string of the molecule is Clc1cccc(Cn2nc(-c3cccnc3)c3c2CCNC3)c1. The van der Waals surface area contributed by atoms with E-state index in [4.69, 9.17) is 16.7 Å². The zero-order valence-electron chi connectivity index (χ0n) is 12.7. The molecule has 1 aliphatic heterocycles. The quantitative estimate of drug-likeness (QED) is 0.804. The Morgan fingerprint density at radius 3 is 3.00 bits per heavy atom. The number of fused-ring (bicyclic) bond motifs is 1. The van der Waals surface area contributed by atoms with E-state index >= 15 is 0 Å². The van der Waals surface area contributed by atoms with Crippen LogP contribution in [-0.2, 0) is 19.5 Å². The molecule has 1 aromatic carbocycles. The topological polar surface area (TPSA) is 42.7 Å². The lowest BCUT2D eigenvalue weighted by atomic mass is 10.0. The third-order valence-electron chi connectivity index (χ3n) is 4.16. The second kappa shape index (κ2) is 6.14. The summed E-state index contributed by atoms with van der Waals surface area (Å²) in [5.41, 5.74) is 5.85. The molecular formula is C18H17ClN4. The molecule has 0 saturated carbocycles. The van der Waals surface area contributed by atoms with Gasteiger partial charge in [0.1, 0.15) is 0 Å². The zero-order chi connectivity index (χ0) is 15.6. The zero-order valence-corrected chi connectivity index (χ0v) is 13.4. The van der Waals surface area contributed by atoms with Crippen LogP contribution in [0.3, 0.4) is 0 Å². The first-order valence-electron chi connectivity index (χ1n) is 7.75. The number of nitrogens with zero attached hydrogens (tertiary/aromatic N) is 3. The summed E-state index contributed by atoms with van der Waals surface area (Å²) in [4.78, 5) is 4.23. The highest BCUT2D eigenvalue weighted by molar-refractivity contribution is 6.30. The van der Waals surface area contributed by atoms with Gasteiger partial charge in [-0.05, 0) is 29.8 Å². The highest BCUT2D eigenvalue weighted by atomic mass is 35.5. The van der Waals surface area contributed by atoms with Gasteiger partial charge >= 0.3 is 0 Å². The van der Waals surface area contributed by atoms with E-state index in [1.807, 2.05) is 30.5 Å². The lowest BCUT2D eigenvalue weighted by molar-refractivity contribution is 0.582. The maximum absolute atomic E-state index is 6.11. The minimum absolute atomic E-state index is 0.739. The smallest absolute Gasteiger partial charge is 0.0986 e. The third-order valence-corrected chi connectivity index (χ3v) is 4.40. The first kappa shape index (κ1) is 14.4. The van der Waals surface area contributed by atoms with Gasteiger partial charge in [-0.1, -0.05) is 23.7 Å². The van der Waals surface area contributed by atoms with E-state index in [1.165, 1.54) is 16.8 Å². The number of hydrogen-bond donors (Lipinski definition) is 1. The molecule has 0 spiro atoms. The molecule has 0 aliphatic carbocycles. The highest BCUT2D eigenvalue weighted by Gasteiger charge is 2.21. The number of benzene rings is 1. The van der Waals surface area contributed by atoms with Crippen molar-refractivity contribution >= 4 is 11.6 Å². The molecule has 1 N–H and O–H groups in total. The molecule has 5 heteroatoms. The summed E-state index contributed by atoms with van der Waals surface area (Å²) < 4.78 is 2.12. The molecule has 4 rings (SSSR count). The molecule has 0 unspecified atom stereocenters.